The van der Waals surface area contributed by atoms with Gasteiger partial charge in [0, 0.05) is 25.7 Å². The number of hydrogen-bond donors (Lipinski definition) is 0. The van der Waals surface area contributed by atoms with E-state index in [-0.39, 0.29) is 0 Å². The van der Waals surface area contributed by atoms with E-state index in [1.807, 2.05) is 11.3 Å². The van der Waals surface area contributed by atoms with Gasteiger partial charge in [-0.05, 0) is 200 Å². The molecule has 9 aromatic rings. The highest BCUT2D eigenvalue weighted by molar-refractivity contribution is 7.26. The highest BCUT2D eigenvalue weighted by Gasteiger charge is 2.50. The summed E-state index contributed by atoms with van der Waals surface area (Å²) in [6, 6.07) is 52.8. The average molecular weight is 819 g/mol. The van der Waals surface area contributed by atoms with Gasteiger partial charge in [0.25, 0.3) is 0 Å². The highest BCUT2D eigenvalue weighted by atomic mass is 32.1. The summed E-state index contributed by atoms with van der Waals surface area (Å²) in [4.78, 5) is 0. The van der Waals surface area contributed by atoms with Gasteiger partial charge in [-0.15, -0.1) is 11.3 Å². The minimum atomic E-state index is 0.677. The summed E-state index contributed by atoms with van der Waals surface area (Å²) in [5.74, 6) is 8.52. The normalized spacial score (nSPS) is 29.9. The average Bonchev–Trinajstić information content (AvgIpc) is 3.69. The molecule has 0 N–H and O–H groups in total. The second kappa shape index (κ2) is 13.3. The van der Waals surface area contributed by atoms with Crippen molar-refractivity contribution >= 4 is 74.6 Å². The lowest BCUT2D eigenvalue weighted by Crippen LogP contribution is -2.43. The molecule has 0 aliphatic heterocycles. The van der Waals surface area contributed by atoms with E-state index < -0.39 is 0 Å². The molecule has 5 atom stereocenters. The first-order valence-corrected chi connectivity index (χ1v) is 25.4. The van der Waals surface area contributed by atoms with E-state index in [1.165, 1.54) is 156 Å². The molecule has 7 bridgehead atoms. The molecule has 0 spiro atoms. The van der Waals surface area contributed by atoms with Crippen LogP contribution in [0.2, 0.25) is 0 Å². The predicted octanol–water partition coefficient (Wildman–Crippen LogP) is 17.5. The third kappa shape index (κ3) is 4.90. The maximum absolute atomic E-state index is 2.50. The molecule has 7 aliphatic carbocycles. The van der Waals surface area contributed by atoms with Crippen molar-refractivity contribution in [2.75, 3.05) is 0 Å². The lowest BCUT2D eigenvalue weighted by molar-refractivity contribution is -0.00185. The van der Waals surface area contributed by atoms with Crippen LogP contribution in [-0.2, 0) is 0 Å². The highest BCUT2D eigenvalue weighted by Crippen LogP contribution is 2.63. The summed E-state index contributed by atoms with van der Waals surface area (Å²) < 4.78 is 2.81. The molecule has 0 saturated heterocycles. The Morgan fingerprint density at radius 3 is 1.42 bits per heavy atom. The van der Waals surface area contributed by atoms with Crippen LogP contribution in [0, 0.1) is 47.3 Å². The van der Waals surface area contributed by atoms with Crippen LogP contribution in [0.5, 0.6) is 0 Å². The zero-order chi connectivity index (χ0) is 40.2. The van der Waals surface area contributed by atoms with E-state index in [0.29, 0.717) is 11.8 Å². The van der Waals surface area contributed by atoms with Crippen molar-refractivity contribution in [3.8, 4) is 22.3 Å². The number of fused-ring (bicyclic) bond motifs is 9. The van der Waals surface area contributed by atoms with Crippen molar-refractivity contribution in [1.29, 1.82) is 0 Å². The van der Waals surface area contributed by atoms with E-state index in [1.54, 1.807) is 11.1 Å². The van der Waals surface area contributed by atoms with Gasteiger partial charge in [-0.25, -0.2) is 0 Å². The Balaban J connectivity index is 0.966. The molecule has 1 aromatic heterocycles. The van der Waals surface area contributed by atoms with Crippen LogP contribution in [0.25, 0.3) is 85.5 Å². The maximum Gasteiger partial charge on any atom is 0.0434 e. The van der Waals surface area contributed by atoms with E-state index in [4.69, 9.17) is 0 Å². The largest absolute Gasteiger partial charge is 0.135 e. The van der Waals surface area contributed by atoms with Crippen molar-refractivity contribution in [2.24, 2.45) is 47.3 Å². The number of thiophene rings is 1. The van der Waals surface area contributed by atoms with Crippen molar-refractivity contribution < 1.29 is 0 Å². The molecule has 7 fully saturated rings. The number of hydrogen-bond acceptors (Lipinski definition) is 1. The summed E-state index contributed by atoms with van der Waals surface area (Å²) >= 11 is 2.02. The van der Waals surface area contributed by atoms with Gasteiger partial charge < -0.3 is 0 Å². The molecule has 7 aliphatic rings. The SMILES string of the molecule is c1cc(-c2c3ccccc3c(C3C4CC5CC(C4)CC3C5)c3ccccc23)c2c(c1)sc1c(-c3c4ccccc4c(C4C5CCC6CCC(C5)CC64)c4ccccc34)cccc12. The first kappa shape index (κ1) is 35.5. The van der Waals surface area contributed by atoms with Crippen LogP contribution in [0.1, 0.15) is 93.6 Å². The zero-order valence-electron chi connectivity index (χ0n) is 35.7. The Hall–Kier alpha value is -4.98. The van der Waals surface area contributed by atoms with Gasteiger partial charge in [-0.3, -0.25) is 0 Å². The second-order valence-electron chi connectivity index (χ2n) is 21.4. The third-order valence-electron chi connectivity index (χ3n) is 18.6. The molecule has 8 aromatic carbocycles. The first-order chi connectivity index (χ1) is 30.7. The molecular weight excluding hydrogens is 765 g/mol. The minimum Gasteiger partial charge on any atom is -0.135 e. The molecule has 16 rings (SSSR count). The first-order valence-electron chi connectivity index (χ1n) is 24.5. The lowest BCUT2D eigenvalue weighted by Gasteiger charge is -2.55. The van der Waals surface area contributed by atoms with Crippen molar-refractivity contribution in [3.05, 3.63) is 145 Å². The van der Waals surface area contributed by atoms with Crippen LogP contribution < -0.4 is 0 Å². The van der Waals surface area contributed by atoms with Crippen LogP contribution >= 0.6 is 11.3 Å². The van der Waals surface area contributed by atoms with E-state index in [2.05, 4.69) is 133 Å². The third-order valence-corrected chi connectivity index (χ3v) is 19.8. The number of benzene rings is 8. The standard InChI is InChI=1S/C61H54S/c1-5-15-45-41(11-1)56(42-12-2-6-16-46(42)59(45)54-39-29-35-27-36(31-39)32-40(54)30-35)49-19-10-22-53-58(49)51-21-9-20-50(61(51)62-53)57-43-13-3-7-17-47(43)60(48-18-8-4-14-44(48)57)55-38-26-25-37-24-23-34(28-38)33-52(37)55/h1-22,34-40,52,54-55H,23-33H2. The quantitative estimate of drug-likeness (QED) is 0.155. The second-order valence-corrected chi connectivity index (χ2v) is 22.4. The molecule has 0 amide bonds. The molecule has 62 heavy (non-hydrogen) atoms. The van der Waals surface area contributed by atoms with Gasteiger partial charge in [-0.1, -0.05) is 134 Å². The van der Waals surface area contributed by atoms with Crippen molar-refractivity contribution in [2.45, 2.75) is 82.5 Å². The molecule has 0 radical (unpaired) electrons. The van der Waals surface area contributed by atoms with Gasteiger partial charge in [-0.2, -0.15) is 0 Å². The Morgan fingerprint density at radius 1 is 0.339 bits per heavy atom. The molecule has 7 saturated carbocycles. The summed E-state index contributed by atoms with van der Waals surface area (Å²) in [5, 5.41) is 14.6. The van der Waals surface area contributed by atoms with Gasteiger partial charge in [0.2, 0.25) is 0 Å². The fourth-order valence-corrected chi connectivity index (χ4v) is 18.0. The molecule has 5 unspecified atom stereocenters. The van der Waals surface area contributed by atoms with Crippen LogP contribution in [-0.4, -0.2) is 0 Å². The van der Waals surface area contributed by atoms with Crippen molar-refractivity contribution in [1.82, 2.24) is 0 Å². The predicted molar refractivity (Wildman–Crippen MR) is 264 cm³/mol. The fraction of sp³-hybridized carbons (Fsp3) is 0.344. The Bertz CT molecular complexity index is 3180. The summed E-state index contributed by atoms with van der Waals surface area (Å²) in [6.07, 6.45) is 16.0. The topological polar surface area (TPSA) is 0 Å². The van der Waals surface area contributed by atoms with Crippen LogP contribution in [0.3, 0.4) is 0 Å². The molecule has 1 heterocycles. The Morgan fingerprint density at radius 2 is 0.806 bits per heavy atom. The van der Waals surface area contributed by atoms with E-state index in [0.717, 1.165) is 47.3 Å². The van der Waals surface area contributed by atoms with Crippen molar-refractivity contribution in [3.63, 3.8) is 0 Å². The van der Waals surface area contributed by atoms with E-state index in [9.17, 15) is 0 Å². The van der Waals surface area contributed by atoms with Gasteiger partial charge in [0.1, 0.15) is 0 Å². The zero-order valence-corrected chi connectivity index (χ0v) is 36.5. The summed E-state index contributed by atoms with van der Waals surface area (Å²) in [6.45, 7) is 0. The number of rotatable bonds is 4. The van der Waals surface area contributed by atoms with Crippen LogP contribution in [0.15, 0.2) is 133 Å². The maximum atomic E-state index is 2.50. The smallest absolute Gasteiger partial charge is 0.0434 e. The van der Waals surface area contributed by atoms with Gasteiger partial charge >= 0.3 is 0 Å². The summed E-state index contributed by atoms with van der Waals surface area (Å²) in [7, 11) is 0. The van der Waals surface area contributed by atoms with Crippen LogP contribution in [0.4, 0.5) is 0 Å². The fourth-order valence-electron chi connectivity index (χ4n) is 16.7. The minimum absolute atomic E-state index is 0.677. The summed E-state index contributed by atoms with van der Waals surface area (Å²) in [5.41, 5.74) is 8.98. The molecule has 1 heteroatoms. The van der Waals surface area contributed by atoms with Gasteiger partial charge in [0.15, 0.2) is 0 Å². The Labute approximate surface area is 369 Å². The molecule has 304 valence electrons. The lowest BCUT2D eigenvalue weighted by atomic mass is 9.50. The molecular formula is C61H54S. The van der Waals surface area contributed by atoms with E-state index >= 15 is 0 Å². The molecule has 0 nitrogen and oxygen atoms in total. The monoisotopic (exact) mass is 818 g/mol. The van der Waals surface area contributed by atoms with Gasteiger partial charge in [0.05, 0.1) is 0 Å². The Kier molecular flexibility index (Phi) is 7.60.